The normalized spacial score (nSPS) is 17.1. The topological polar surface area (TPSA) is 41.1 Å². The summed E-state index contributed by atoms with van der Waals surface area (Å²) in [7, 11) is 0. The third-order valence-electron chi connectivity index (χ3n) is 3.66. The minimum atomic E-state index is -0.353. The van der Waals surface area contributed by atoms with Gasteiger partial charge in [-0.05, 0) is 65.5 Å². The second-order valence-corrected chi connectivity index (χ2v) is 6.22. The Balaban J connectivity index is 0.00000200. The maximum absolute atomic E-state index is 13.0. The van der Waals surface area contributed by atoms with Crippen LogP contribution in [0.4, 0.5) is 4.39 Å². The number of halogens is 3. The average Bonchev–Trinajstić information content (AvgIpc) is 2.37. The van der Waals surface area contributed by atoms with Gasteiger partial charge >= 0.3 is 0 Å². The van der Waals surface area contributed by atoms with Crippen LogP contribution in [-0.4, -0.2) is 25.5 Å². The van der Waals surface area contributed by atoms with Crippen molar-refractivity contribution in [2.24, 2.45) is 5.41 Å². The third kappa shape index (κ3) is 4.43. The molecule has 0 aromatic heterocycles. The fourth-order valence-electron chi connectivity index (χ4n) is 2.27. The van der Waals surface area contributed by atoms with Gasteiger partial charge in [-0.1, -0.05) is 6.92 Å². The lowest BCUT2D eigenvalue weighted by Gasteiger charge is -2.34. The van der Waals surface area contributed by atoms with Gasteiger partial charge in [-0.3, -0.25) is 4.79 Å². The molecule has 1 amide bonds. The number of carbonyl (C=O) groups excluding carboxylic acids is 1. The molecule has 0 spiro atoms. The zero-order chi connectivity index (χ0) is 13.9. The van der Waals surface area contributed by atoms with Gasteiger partial charge < -0.3 is 10.6 Å². The van der Waals surface area contributed by atoms with Gasteiger partial charge in [0.05, 0.1) is 5.56 Å². The summed E-state index contributed by atoms with van der Waals surface area (Å²) in [5.41, 5.74) is 0.617. The van der Waals surface area contributed by atoms with Gasteiger partial charge in [0.15, 0.2) is 0 Å². The Morgan fingerprint density at radius 3 is 2.70 bits per heavy atom. The Morgan fingerprint density at radius 2 is 2.10 bits per heavy atom. The highest BCUT2D eigenvalue weighted by atomic mass is 79.9. The zero-order valence-corrected chi connectivity index (χ0v) is 13.7. The molecule has 1 saturated heterocycles. The maximum Gasteiger partial charge on any atom is 0.252 e. The standard InChI is InChI=1S/C14H18BrFN2O.ClH/c1-14(4-6-17-7-5-14)9-18-13(19)11-3-2-10(16)8-12(11)15;/h2-3,8,17H,4-7,9H2,1H3,(H,18,19);1H. The summed E-state index contributed by atoms with van der Waals surface area (Å²) in [6, 6.07) is 4.10. The molecule has 1 aliphatic heterocycles. The largest absolute Gasteiger partial charge is 0.351 e. The molecule has 0 saturated carbocycles. The van der Waals surface area contributed by atoms with Crippen LogP contribution < -0.4 is 10.6 Å². The van der Waals surface area contributed by atoms with E-state index in [1.165, 1.54) is 18.2 Å². The van der Waals surface area contributed by atoms with Crippen LogP contribution in [0.5, 0.6) is 0 Å². The van der Waals surface area contributed by atoms with E-state index in [0.29, 0.717) is 16.6 Å². The Labute approximate surface area is 133 Å². The van der Waals surface area contributed by atoms with Crippen molar-refractivity contribution >= 4 is 34.2 Å². The van der Waals surface area contributed by atoms with Gasteiger partial charge in [-0.15, -0.1) is 12.4 Å². The van der Waals surface area contributed by atoms with Gasteiger partial charge in [-0.25, -0.2) is 4.39 Å². The second kappa shape index (κ2) is 7.38. The first-order valence-corrected chi connectivity index (χ1v) is 7.23. The molecular weight excluding hydrogens is 347 g/mol. The molecule has 1 aromatic rings. The van der Waals surface area contributed by atoms with Crippen LogP contribution in [-0.2, 0) is 0 Å². The molecule has 1 fully saturated rings. The fourth-order valence-corrected chi connectivity index (χ4v) is 2.80. The maximum atomic E-state index is 13.0. The highest BCUT2D eigenvalue weighted by Crippen LogP contribution is 2.27. The molecule has 0 radical (unpaired) electrons. The second-order valence-electron chi connectivity index (χ2n) is 5.37. The lowest BCUT2D eigenvalue weighted by atomic mass is 9.81. The molecule has 0 bridgehead atoms. The quantitative estimate of drug-likeness (QED) is 0.864. The summed E-state index contributed by atoms with van der Waals surface area (Å²) in [5, 5.41) is 6.26. The Bertz CT molecular complexity index is 478. The van der Waals surface area contributed by atoms with Crippen molar-refractivity contribution in [2.75, 3.05) is 19.6 Å². The SMILES string of the molecule is CC1(CNC(=O)c2ccc(F)cc2Br)CCNCC1.Cl. The lowest BCUT2D eigenvalue weighted by molar-refractivity contribution is 0.0921. The van der Waals surface area contributed by atoms with Crippen LogP contribution in [0.3, 0.4) is 0 Å². The van der Waals surface area contributed by atoms with Gasteiger partial charge in [-0.2, -0.15) is 0 Å². The van der Waals surface area contributed by atoms with Crippen LogP contribution in [0.15, 0.2) is 22.7 Å². The van der Waals surface area contributed by atoms with E-state index < -0.39 is 0 Å². The van der Waals surface area contributed by atoms with Crippen molar-refractivity contribution < 1.29 is 9.18 Å². The van der Waals surface area contributed by atoms with Crippen molar-refractivity contribution in [1.29, 1.82) is 0 Å². The summed E-state index contributed by atoms with van der Waals surface area (Å²) >= 11 is 3.22. The van der Waals surface area contributed by atoms with Crippen LogP contribution in [0, 0.1) is 11.2 Å². The van der Waals surface area contributed by atoms with Gasteiger partial charge in [0, 0.05) is 11.0 Å². The number of benzene rings is 1. The molecule has 0 aliphatic carbocycles. The number of piperidine rings is 1. The Kier molecular flexibility index (Phi) is 6.43. The highest BCUT2D eigenvalue weighted by molar-refractivity contribution is 9.10. The van der Waals surface area contributed by atoms with E-state index in [2.05, 4.69) is 33.5 Å². The van der Waals surface area contributed by atoms with Crippen molar-refractivity contribution in [3.05, 3.63) is 34.1 Å². The number of amides is 1. The van der Waals surface area contributed by atoms with Gasteiger partial charge in [0.2, 0.25) is 0 Å². The smallest absolute Gasteiger partial charge is 0.252 e. The van der Waals surface area contributed by atoms with Crippen molar-refractivity contribution in [2.45, 2.75) is 19.8 Å². The molecule has 1 heterocycles. The molecular formula is C14H19BrClFN2O. The minimum absolute atomic E-state index is 0. The molecule has 0 unspecified atom stereocenters. The lowest BCUT2D eigenvalue weighted by Crippen LogP contribution is -2.42. The van der Waals surface area contributed by atoms with Crippen LogP contribution in [0.2, 0.25) is 0 Å². The van der Waals surface area contributed by atoms with Crippen molar-refractivity contribution in [3.63, 3.8) is 0 Å². The van der Waals surface area contributed by atoms with Gasteiger partial charge in [0.1, 0.15) is 5.82 Å². The molecule has 6 heteroatoms. The predicted octanol–water partition coefficient (Wildman–Crippen LogP) is 3.13. The first kappa shape index (κ1) is 17.4. The molecule has 1 aromatic carbocycles. The van der Waals surface area contributed by atoms with E-state index in [1.54, 1.807) is 0 Å². The van der Waals surface area contributed by atoms with E-state index in [1.807, 2.05) is 0 Å². The fraction of sp³-hybridized carbons (Fsp3) is 0.500. The zero-order valence-electron chi connectivity index (χ0n) is 11.3. The van der Waals surface area contributed by atoms with Crippen LogP contribution in [0.1, 0.15) is 30.1 Å². The molecule has 2 N–H and O–H groups in total. The van der Waals surface area contributed by atoms with E-state index in [9.17, 15) is 9.18 Å². The summed E-state index contributed by atoms with van der Waals surface area (Å²) < 4.78 is 13.5. The molecule has 1 aliphatic rings. The predicted molar refractivity (Wildman–Crippen MR) is 83.9 cm³/mol. The van der Waals surface area contributed by atoms with Gasteiger partial charge in [0.25, 0.3) is 5.91 Å². The number of rotatable bonds is 3. The van der Waals surface area contributed by atoms with E-state index in [0.717, 1.165) is 25.9 Å². The van der Waals surface area contributed by atoms with Crippen LogP contribution >= 0.6 is 28.3 Å². The molecule has 112 valence electrons. The molecule has 20 heavy (non-hydrogen) atoms. The molecule has 0 atom stereocenters. The first-order valence-electron chi connectivity index (χ1n) is 6.44. The summed E-state index contributed by atoms with van der Waals surface area (Å²) in [4.78, 5) is 12.1. The number of hydrogen-bond acceptors (Lipinski definition) is 2. The highest BCUT2D eigenvalue weighted by Gasteiger charge is 2.27. The first-order chi connectivity index (χ1) is 9.00. The minimum Gasteiger partial charge on any atom is -0.351 e. The van der Waals surface area contributed by atoms with E-state index in [-0.39, 0.29) is 29.5 Å². The van der Waals surface area contributed by atoms with E-state index >= 15 is 0 Å². The van der Waals surface area contributed by atoms with Crippen LogP contribution in [0.25, 0.3) is 0 Å². The Morgan fingerprint density at radius 1 is 1.45 bits per heavy atom. The summed E-state index contributed by atoms with van der Waals surface area (Å²) in [6.45, 7) is 4.82. The summed E-state index contributed by atoms with van der Waals surface area (Å²) in [6.07, 6.45) is 2.11. The number of nitrogens with one attached hydrogen (secondary N) is 2. The molecule has 2 rings (SSSR count). The molecule has 3 nitrogen and oxygen atoms in total. The Hall–Kier alpha value is -0.650. The monoisotopic (exact) mass is 364 g/mol. The van der Waals surface area contributed by atoms with Crippen molar-refractivity contribution in [1.82, 2.24) is 10.6 Å². The van der Waals surface area contributed by atoms with E-state index in [4.69, 9.17) is 0 Å². The number of hydrogen-bond donors (Lipinski definition) is 2. The summed E-state index contributed by atoms with van der Waals surface area (Å²) in [5.74, 6) is -0.514. The third-order valence-corrected chi connectivity index (χ3v) is 4.32. The van der Waals surface area contributed by atoms with Crippen molar-refractivity contribution in [3.8, 4) is 0 Å². The average molecular weight is 366 g/mol. The number of carbonyl (C=O) groups is 1.